The Morgan fingerprint density at radius 3 is 2.67 bits per heavy atom. The molecule has 0 spiro atoms. The van der Waals surface area contributed by atoms with Gasteiger partial charge in [-0.25, -0.2) is 0 Å². The normalized spacial score (nSPS) is 26.1. The molecule has 18 heavy (non-hydrogen) atoms. The molecular weight excluding hydrogens is 232 g/mol. The Balaban J connectivity index is 1.81. The Morgan fingerprint density at radius 1 is 1.28 bits per heavy atom. The largest absolute Gasteiger partial charge is 0.374 e. The molecule has 1 fully saturated rings. The lowest BCUT2D eigenvalue weighted by Gasteiger charge is -2.16. The van der Waals surface area contributed by atoms with Gasteiger partial charge in [0.15, 0.2) is 12.1 Å². The first-order valence-electron chi connectivity index (χ1n) is 6.03. The Morgan fingerprint density at radius 2 is 2.00 bits per heavy atom. The van der Waals surface area contributed by atoms with Crippen LogP contribution in [0.25, 0.3) is 0 Å². The highest BCUT2D eigenvalue weighted by Gasteiger charge is 2.41. The fraction of sp³-hybridized carbons (Fsp3) is 0.500. The van der Waals surface area contributed by atoms with E-state index in [9.17, 15) is 4.79 Å². The second-order valence-corrected chi connectivity index (χ2v) is 4.78. The van der Waals surface area contributed by atoms with Gasteiger partial charge in [0.05, 0.1) is 13.2 Å². The molecular formula is C14H18O4. The summed E-state index contributed by atoms with van der Waals surface area (Å²) in [6.45, 7) is 4.44. The smallest absolute Gasteiger partial charge is 0.164 e. The number of hydrogen-bond donors (Lipinski definition) is 0. The monoisotopic (exact) mass is 250 g/mol. The van der Waals surface area contributed by atoms with Gasteiger partial charge < -0.3 is 19.0 Å². The van der Waals surface area contributed by atoms with E-state index in [0.29, 0.717) is 13.2 Å². The number of benzene rings is 1. The first-order valence-corrected chi connectivity index (χ1v) is 6.03. The summed E-state index contributed by atoms with van der Waals surface area (Å²) in [5.41, 5.74) is 1.10. The van der Waals surface area contributed by atoms with E-state index in [4.69, 9.17) is 14.2 Å². The number of rotatable bonds is 5. The van der Waals surface area contributed by atoms with Crippen molar-refractivity contribution >= 4 is 6.29 Å². The summed E-state index contributed by atoms with van der Waals surface area (Å²) in [7, 11) is 0. The number of carbonyl (C=O) groups is 1. The van der Waals surface area contributed by atoms with Crippen LogP contribution in [0.3, 0.4) is 0 Å². The topological polar surface area (TPSA) is 44.8 Å². The number of hydrogen-bond acceptors (Lipinski definition) is 4. The fourth-order valence-corrected chi connectivity index (χ4v) is 1.97. The van der Waals surface area contributed by atoms with E-state index in [1.54, 1.807) is 13.8 Å². The molecule has 2 rings (SSSR count). The Hall–Kier alpha value is -1.23. The molecule has 0 aliphatic carbocycles. The fourth-order valence-electron chi connectivity index (χ4n) is 1.97. The molecule has 0 saturated carbocycles. The van der Waals surface area contributed by atoms with Gasteiger partial charge in [-0.1, -0.05) is 30.3 Å². The molecule has 4 nitrogen and oxygen atoms in total. The SMILES string of the molecule is CC1(C)O[C@@H](C=O)[C@@H](COCc2ccccc2)O1. The Labute approximate surface area is 107 Å². The molecule has 0 N–H and O–H groups in total. The van der Waals surface area contributed by atoms with Crippen LogP contribution < -0.4 is 0 Å². The van der Waals surface area contributed by atoms with Crippen LogP contribution in [0.4, 0.5) is 0 Å². The average Bonchev–Trinajstić information content (AvgIpc) is 2.65. The van der Waals surface area contributed by atoms with Gasteiger partial charge in [-0.05, 0) is 19.4 Å². The molecule has 2 atom stereocenters. The van der Waals surface area contributed by atoms with Crippen molar-refractivity contribution in [2.45, 2.75) is 38.4 Å². The summed E-state index contributed by atoms with van der Waals surface area (Å²) < 4.78 is 16.6. The summed E-state index contributed by atoms with van der Waals surface area (Å²) in [4.78, 5) is 10.9. The van der Waals surface area contributed by atoms with E-state index in [1.807, 2.05) is 30.3 Å². The third-order valence-corrected chi connectivity index (χ3v) is 2.75. The standard InChI is InChI=1S/C14H18O4/c1-14(2)17-12(8-15)13(18-14)10-16-9-11-6-4-3-5-7-11/h3-8,12-13H,9-10H2,1-2H3/t12-,13+/m0/s1. The molecule has 0 unspecified atom stereocenters. The zero-order valence-corrected chi connectivity index (χ0v) is 10.7. The van der Waals surface area contributed by atoms with E-state index in [-0.39, 0.29) is 6.10 Å². The molecule has 1 aliphatic heterocycles. The Kier molecular flexibility index (Phi) is 4.11. The van der Waals surface area contributed by atoms with Gasteiger partial charge in [-0.3, -0.25) is 0 Å². The van der Waals surface area contributed by atoms with Crippen molar-refractivity contribution in [3.05, 3.63) is 35.9 Å². The van der Waals surface area contributed by atoms with Crippen molar-refractivity contribution in [3.63, 3.8) is 0 Å². The quantitative estimate of drug-likeness (QED) is 0.749. The molecule has 0 aromatic heterocycles. The summed E-state index contributed by atoms with van der Waals surface area (Å²) >= 11 is 0. The summed E-state index contributed by atoms with van der Waals surface area (Å²) in [5.74, 6) is -0.716. The predicted octanol–water partition coefficient (Wildman–Crippen LogP) is 1.92. The van der Waals surface area contributed by atoms with Crippen molar-refractivity contribution in [1.82, 2.24) is 0 Å². The minimum Gasteiger partial charge on any atom is -0.374 e. The van der Waals surface area contributed by atoms with Crippen molar-refractivity contribution in [1.29, 1.82) is 0 Å². The second kappa shape index (κ2) is 5.61. The highest BCUT2D eigenvalue weighted by atomic mass is 16.8. The maximum atomic E-state index is 10.9. The number of carbonyl (C=O) groups excluding carboxylic acids is 1. The molecule has 4 heteroatoms. The second-order valence-electron chi connectivity index (χ2n) is 4.78. The number of ether oxygens (including phenoxy) is 3. The highest BCUT2D eigenvalue weighted by Crippen LogP contribution is 2.27. The van der Waals surface area contributed by atoms with Crippen molar-refractivity contribution in [2.24, 2.45) is 0 Å². The molecule has 0 bridgehead atoms. The first-order chi connectivity index (χ1) is 8.61. The summed E-state index contributed by atoms with van der Waals surface area (Å²) in [6, 6.07) is 9.87. The van der Waals surface area contributed by atoms with Gasteiger partial charge >= 0.3 is 0 Å². The first kappa shape index (κ1) is 13.2. The van der Waals surface area contributed by atoms with Crippen molar-refractivity contribution in [3.8, 4) is 0 Å². The van der Waals surface area contributed by atoms with Crippen LogP contribution in [-0.2, 0) is 25.6 Å². The molecule has 1 aromatic carbocycles. The lowest BCUT2D eigenvalue weighted by Crippen LogP contribution is -2.28. The van der Waals surface area contributed by atoms with Crippen LogP contribution in [0, 0.1) is 0 Å². The van der Waals surface area contributed by atoms with E-state index in [2.05, 4.69) is 0 Å². The summed E-state index contributed by atoms with van der Waals surface area (Å²) in [6.07, 6.45) is -0.109. The van der Waals surface area contributed by atoms with Crippen LogP contribution in [0.5, 0.6) is 0 Å². The highest BCUT2D eigenvalue weighted by molar-refractivity contribution is 5.57. The maximum Gasteiger partial charge on any atom is 0.164 e. The summed E-state index contributed by atoms with van der Waals surface area (Å²) in [5, 5.41) is 0. The molecule has 1 aromatic rings. The minimum absolute atomic E-state index is 0.332. The zero-order chi connectivity index (χ0) is 13.0. The van der Waals surface area contributed by atoms with Crippen LogP contribution in [-0.4, -0.2) is 30.9 Å². The molecule has 1 saturated heterocycles. The van der Waals surface area contributed by atoms with E-state index >= 15 is 0 Å². The van der Waals surface area contributed by atoms with Gasteiger partial charge in [-0.15, -0.1) is 0 Å². The zero-order valence-electron chi connectivity index (χ0n) is 10.7. The molecule has 0 amide bonds. The lowest BCUT2D eigenvalue weighted by atomic mass is 10.2. The van der Waals surface area contributed by atoms with Gasteiger partial charge in [0.2, 0.25) is 0 Å². The minimum atomic E-state index is -0.716. The van der Waals surface area contributed by atoms with E-state index < -0.39 is 11.9 Å². The number of aldehydes is 1. The van der Waals surface area contributed by atoms with Crippen LogP contribution in [0.1, 0.15) is 19.4 Å². The van der Waals surface area contributed by atoms with Crippen molar-refractivity contribution < 1.29 is 19.0 Å². The van der Waals surface area contributed by atoms with E-state index in [0.717, 1.165) is 11.8 Å². The molecule has 1 heterocycles. The third kappa shape index (κ3) is 3.38. The van der Waals surface area contributed by atoms with Gasteiger partial charge in [0, 0.05) is 0 Å². The van der Waals surface area contributed by atoms with Gasteiger partial charge in [0.1, 0.15) is 12.2 Å². The predicted molar refractivity (Wildman–Crippen MR) is 66.0 cm³/mol. The van der Waals surface area contributed by atoms with Crippen LogP contribution >= 0.6 is 0 Å². The third-order valence-electron chi connectivity index (χ3n) is 2.75. The lowest BCUT2D eigenvalue weighted by molar-refractivity contribution is -0.153. The van der Waals surface area contributed by atoms with Crippen LogP contribution in [0.2, 0.25) is 0 Å². The van der Waals surface area contributed by atoms with E-state index in [1.165, 1.54) is 0 Å². The van der Waals surface area contributed by atoms with Crippen LogP contribution in [0.15, 0.2) is 30.3 Å². The maximum absolute atomic E-state index is 10.9. The van der Waals surface area contributed by atoms with Crippen molar-refractivity contribution in [2.75, 3.05) is 6.61 Å². The van der Waals surface area contributed by atoms with Gasteiger partial charge in [0.25, 0.3) is 0 Å². The molecule has 1 aliphatic rings. The Bertz CT molecular complexity index is 388. The molecule has 98 valence electrons. The molecule has 0 radical (unpaired) electrons. The van der Waals surface area contributed by atoms with Gasteiger partial charge in [-0.2, -0.15) is 0 Å². The average molecular weight is 250 g/mol.